The molecule has 112 valence electrons. The summed E-state index contributed by atoms with van der Waals surface area (Å²) >= 11 is 0. The average Bonchev–Trinajstić information content (AvgIpc) is 2.48. The average molecular weight is 293 g/mol. The van der Waals surface area contributed by atoms with E-state index >= 15 is 0 Å². The monoisotopic (exact) mass is 293 g/mol. The Labute approximate surface area is 130 Å². The number of nitrogens with zero attached hydrogens (tertiary/aromatic N) is 1. The van der Waals surface area contributed by atoms with Gasteiger partial charge >= 0.3 is 0 Å². The quantitative estimate of drug-likeness (QED) is 0.875. The summed E-state index contributed by atoms with van der Waals surface area (Å²) in [6.45, 7) is 4.05. The molecule has 0 aliphatic carbocycles. The number of carbonyl (C=O) groups is 1. The molecule has 0 aromatic heterocycles. The first-order valence-corrected chi connectivity index (χ1v) is 7.44. The van der Waals surface area contributed by atoms with Crippen LogP contribution in [-0.4, -0.2) is 22.1 Å². The van der Waals surface area contributed by atoms with Crippen molar-refractivity contribution in [2.45, 2.75) is 32.2 Å². The van der Waals surface area contributed by atoms with Gasteiger partial charge in [0.2, 0.25) is 0 Å². The third-order valence-corrected chi connectivity index (χ3v) is 3.93. The predicted molar refractivity (Wildman–Crippen MR) is 87.8 cm³/mol. The van der Waals surface area contributed by atoms with Crippen molar-refractivity contribution in [2.75, 3.05) is 0 Å². The van der Waals surface area contributed by atoms with Crippen LogP contribution in [0.3, 0.4) is 0 Å². The minimum absolute atomic E-state index is 0.0475. The first kappa shape index (κ1) is 14.5. The lowest BCUT2D eigenvalue weighted by Crippen LogP contribution is -2.30. The zero-order chi connectivity index (χ0) is 15.7. The molecular weight excluding hydrogens is 274 g/mol. The van der Waals surface area contributed by atoms with E-state index in [0.717, 1.165) is 16.8 Å². The number of benzene rings is 2. The molecular formula is C19H19NO2. The van der Waals surface area contributed by atoms with Gasteiger partial charge in [0.05, 0.1) is 17.7 Å². The number of phenolic OH excluding ortho intramolecular Hbond substituents is 1. The summed E-state index contributed by atoms with van der Waals surface area (Å²) in [5.41, 5.74) is 2.92. The van der Waals surface area contributed by atoms with E-state index in [1.54, 1.807) is 12.1 Å². The van der Waals surface area contributed by atoms with Crippen molar-refractivity contribution in [3.8, 4) is 5.75 Å². The van der Waals surface area contributed by atoms with Gasteiger partial charge in [0, 0.05) is 23.1 Å². The van der Waals surface area contributed by atoms with Crippen LogP contribution >= 0.6 is 0 Å². The smallest absolute Gasteiger partial charge is 0.168 e. The molecule has 1 heterocycles. The van der Waals surface area contributed by atoms with Gasteiger partial charge in [-0.05, 0) is 19.9 Å². The van der Waals surface area contributed by atoms with Gasteiger partial charge in [-0.2, -0.15) is 0 Å². The minimum Gasteiger partial charge on any atom is -0.508 e. The fourth-order valence-corrected chi connectivity index (χ4v) is 2.94. The summed E-state index contributed by atoms with van der Waals surface area (Å²) in [5, 5.41) is 10.1. The molecule has 22 heavy (non-hydrogen) atoms. The lowest BCUT2D eigenvalue weighted by atomic mass is 9.84. The molecule has 1 aliphatic heterocycles. The lowest BCUT2D eigenvalue weighted by Gasteiger charge is -2.29. The Kier molecular flexibility index (Phi) is 3.57. The Morgan fingerprint density at radius 2 is 1.86 bits per heavy atom. The van der Waals surface area contributed by atoms with Crippen molar-refractivity contribution in [1.82, 2.24) is 0 Å². The number of aromatic hydroxyl groups is 1. The largest absolute Gasteiger partial charge is 0.508 e. The number of Topliss-reactive ketones (excluding diaryl/α,β-unsaturated/α-hetero) is 1. The van der Waals surface area contributed by atoms with E-state index in [1.165, 1.54) is 0 Å². The fraction of sp³-hybridized carbons (Fsp3) is 0.263. The first-order chi connectivity index (χ1) is 10.5. The van der Waals surface area contributed by atoms with E-state index in [0.29, 0.717) is 12.0 Å². The van der Waals surface area contributed by atoms with Gasteiger partial charge < -0.3 is 5.11 Å². The highest BCUT2D eigenvalue weighted by atomic mass is 16.3. The van der Waals surface area contributed by atoms with Crippen LogP contribution in [0.2, 0.25) is 0 Å². The summed E-state index contributed by atoms with van der Waals surface area (Å²) in [5.74, 6) is 0.330. The number of hydrogen-bond acceptors (Lipinski definition) is 3. The van der Waals surface area contributed by atoms with Crippen LogP contribution in [0.25, 0.3) is 0 Å². The Balaban J connectivity index is 1.97. The van der Waals surface area contributed by atoms with Gasteiger partial charge in [0.1, 0.15) is 5.75 Å². The molecule has 3 rings (SSSR count). The van der Waals surface area contributed by atoms with Gasteiger partial charge in [-0.3, -0.25) is 9.79 Å². The molecule has 2 aromatic rings. The van der Waals surface area contributed by atoms with Crippen molar-refractivity contribution < 1.29 is 9.90 Å². The Hall–Kier alpha value is -2.42. The van der Waals surface area contributed by atoms with Gasteiger partial charge in [-0.25, -0.2) is 0 Å². The van der Waals surface area contributed by atoms with E-state index in [2.05, 4.69) is 0 Å². The molecule has 3 nitrogen and oxygen atoms in total. The van der Waals surface area contributed by atoms with Crippen molar-refractivity contribution in [3.63, 3.8) is 0 Å². The standard InChI is InChI=1S/C19H19NO2/c1-19(2)12-15-14(9-6-10-17(15)21)16(20-19)11-18(22)13-7-4-3-5-8-13/h3-10,21H,11-12H2,1-2H3. The molecule has 0 radical (unpaired) electrons. The topological polar surface area (TPSA) is 49.7 Å². The van der Waals surface area contributed by atoms with Gasteiger partial charge in [-0.1, -0.05) is 42.5 Å². The number of rotatable bonds is 3. The maximum atomic E-state index is 12.5. The lowest BCUT2D eigenvalue weighted by molar-refractivity contribution is 0.100. The van der Waals surface area contributed by atoms with Crippen LogP contribution in [-0.2, 0) is 6.42 Å². The molecule has 0 saturated carbocycles. The number of aliphatic imine (C=N–C) groups is 1. The van der Waals surface area contributed by atoms with Crippen LogP contribution in [0, 0.1) is 0 Å². The predicted octanol–water partition coefficient (Wildman–Crippen LogP) is 3.79. The number of hydrogen-bond donors (Lipinski definition) is 1. The van der Waals surface area contributed by atoms with Crippen LogP contribution in [0.4, 0.5) is 0 Å². The van der Waals surface area contributed by atoms with Crippen molar-refractivity contribution in [1.29, 1.82) is 0 Å². The zero-order valence-electron chi connectivity index (χ0n) is 12.8. The second kappa shape index (κ2) is 5.41. The summed E-state index contributed by atoms with van der Waals surface area (Å²) in [6, 6.07) is 14.7. The Bertz CT molecular complexity index is 745. The normalized spacial score (nSPS) is 15.8. The van der Waals surface area contributed by atoms with Gasteiger partial charge in [0.25, 0.3) is 0 Å². The van der Waals surface area contributed by atoms with Crippen LogP contribution in [0.5, 0.6) is 5.75 Å². The second-order valence-electron chi connectivity index (χ2n) is 6.32. The van der Waals surface area contributed by atoms with Gasteiger partial charge in [-0.15, -0.1) is 0 Å². The third-order valence-electron chi connectivity index (χ3n) is 3.93. The Morgan fingerprint density at radius 3 is 2.59 bits per heavy atom. The first-order valence-electron chi connectivity index (χ1n) is 7.44. The molecule has 0 fully saturated rings. The van der Waals surface area contributed by atoms with Crippen molar-refractivity contribution in [2.24, 2.45) is 4.99 Å². The zero-order valence-corrected chi connectivity index (χ0v) is 12.8. The van der Waals surface area contributed by atoms with Crippen LogP contribution in [0.1, 0.15) is 41.8 Å². The summed E-state index contributed by atoms with van der Waals surface area (Å²) < 4.78 is 0. The van der Waals surface area contributed by atoms with Crippen LogP contribution in [0.15, 0.2) is 53.5 Å². The van der Waals surface area contributed by atoms with Gasteiger partial charge in [0.15, 0.2) is 5.78 Å². The number of carbonyl (C=O) groups excluding carboxylic acids is 1. The number of ketones is 1. The van der Waals surface area contributed by atoms with E-state index in [1.807, 2.05) is 50.2 Å². The molecule has 1 aliphatic rings. The molecule has 0 spiro atoms. The molecule has 0 bridgehead atoms. The number of phenols is 1. The highest BCUT2D eigenvalue weighted by molar-refractivity contribution is 6.17. The Morgan fingerprint density at radius 1 is 1.14 bits per heavy atom. The maximum absolute atomic E-state index is 12.5. The third kappa shape index (κ3) is 2.80. The molecule has 0 amide bonds. The minimum atomic E-state index is -0.307. The molecule has 0 atom stereocenters. The van der Waals surface area contributed by atoms with Crippen molar-refractivity contribution >= 4 is 11.5 Å². The summed E-state index contributed by atoms with van der Waals surface area (Å²) in [4.78, 5) is 17.2. The SMILES string of the molecule is CC1(C)Cc2c(O)cccc2C(CC(=O)c2ccccc2)=N1. The maximum Gasteiger partial charge on any atom is 0.168 e. The highest BCUT2D eigenvalue weighted by Gasteiger charge is 2.29. The van der Waals surface area contributed by atoms with Crippen molar-refractivity contribution in [3.05, 3.63) is 65.2 Å². The van der Waals surface area contributed by atoms with E-state index < -0.39 is 0 Å². The molecule has 3 heteroatoms. The molecule has 0 saturated heterocycles. The molecule has 1 N–H and O–H groups in total. The molecule has 2 aromatic carbocycles. The van der Waals surface area contributed by atoms with E-state index in [4.69, 9.17) is 4.99 Å². The second-order valence-corrected chi connectivity index (χ2v) is 6.32. The van der Waals surface area contributed by atoms with Crippen LogP contribution < -0.4 is 0 Å². The summed E-state index contributed by atoms with van der Waals surface area (Å²) in [6.07, 6.45) is 0.932. The highest BCUT2D eigenvalue weighted by Crippen LogP contribution is 2.33. The fourth-order valence-electron chi connectivity index (χ4n) is 2.94. The molecule has 0 unspecified atom stereocenters. The van der Waals surface area contributed by atoms with E-state index in [9.17, 15) is 9.90 Å². The number of fused-ring (bicyclic) bond motifs is 1. The van der Waals surface area contributed by atoms with E-state index in [-0.39, 0.29) is 23.5 Å². The summed E-state index contributed by atoms with van der Waals surface area (Å²) in [7, 11) is 0.